The minimum atomic E-state index is -4.37. The number of nitrogens with one attached hydrogen (secondary N) is 2. The number of alkyl halides is 3. The van der Waals surface area contributed by atoms with Gasteiger partial charge in [-0.3, -0.25) is 4.79 Å². The average molecular weight is 338 g/mol. The maximum absolute atomic E-state index is 12.5. The topological polar surface area (TPSA) is 66.9 Å². The van der Waals surface area contributed by atoms with Gasteiger partial charge in [0, 0.05) is 12.2 Å². The van der Waals surface area contributed by atoms with Gasteiger partial charge in [0.25, 0.3) is 5.91 Å². The van der Waals surface area contributed by atoms with E-state index in [2.05, 4.69) is 20.8 Å². The zero-order valence-electron chi connectivity index (χ0n) is 13.0. The molecule has 0 saturated carbocycles. The lowest BCUT2D eigenvalue weighted by Crippen LogP contribution is -2.25. The number of aromatic nitrogens is 2. The van der Waals surface area contributed by atoms with Crippen LogP contribution in [0.4, 0.5) is 24.7 Å². The Hall–Kier alpha value is -2.64. The van der Waals surface area contributed by atoms with Crippen LogP contribution in [0.3, 0.4) is 0 Å². The molecular weight excluding hydrogens is 321 g/mol. The fourth-order valence-electron chi connectivity index (χ4n) is 1.88. The Morgan fingerprint density at radius 1 is 1.08 bits per heavy atom. The smallest absolute Gasteiger partial charge is 0.351 e. The summed E-state index contributed by atoms with van der Waals surface area (Å²) in [6, 6.07) is 7.60. The molecule has 0 bridgehead atoms. The van der Waals surface area contributed by atoms with Gasteiger partial charge in [-0.15, -0.1) is 10.2 Å². The van der Waals surface area contributed by atoms with Gasteiger partial charge in [-0.1, -0.05) is 13.3 Å². The van der Waals surface area contributed by atoms with Crippen molar-refractivity contribution >= 4 is 17.4 Å². The van der Waals surface area contributed by atoms with Crippen molar-refractivity contribution in [2.45, 2.75) is 25.9 Å². The number of carbonyl (C=O) groups excluding carboxylic acids is 1. The summed E-state index contributed by atoms with van der Waals surface area (Å²) >= 11 is 0. The number of benzene rings is 1. The van der Waals surface area contributed by atoms with Crippen molar-refractivity contribution in [2.24, 2.45) is 0 Å². The van der Waals surface area contributed by atoms with E-state index in [4.69, 9.17) is 0 Å². The molecule has 0 aliphatic rings. The van der Waals surface area contributed by atoms with E-state index in [1.165, 1.54) is 18.2 Å². The van der Waals surface area contributed by atoms with Gasteiger partial charge in [0.1, 0.15) is 0 Å². The number of hydrogen-bond donors (Lipinski definition) is 2. The van der Waals surface area contributed by atoms with Crippen LogP contribution < -0.4 is 10.6 Å². The summed E-state index contributed by atoms with van der Waals surface area (Å²) < 4.78 is 37.5. The number of anilines is 2. The maximum atomic E-state index is 12.5. The van der Waals surface area contributed by atoms with Crippen LogP contribution in [0.15, 0.2) is 36.4 Å². The van der Waals surface area contributed by atoms with Gasteiger partial charge >= 0.3 is 6.18 Å². The minimum Gasteiger partial charge on any atom is -0.351 e. The quantitative estimate of drug-likeness (QED) is 0.787. The first kappa shape index (κ1) is 17.7. The zero-order valence-corrected chi connectivity index (χ0v) is 13.0. The minimum absolute atomic E-state index is 0.184. The van der Waals surface area contributed by atoms with Gasteiger partial charge in [-0.2, -0.15) is 13.2 Å². The number of hydrogen-bond acceptors (Lipinski definition) is 4. The van der Waals surface area contributed by atoms with Crippen molar-refractivity contribution in [1.29, 1.82) is 0 Å². The number of unbranched alkanes of at least 4 members (excludes halogenated alkanes) is 1. The molecule has 2 rings (SSSR count). The average Bonchev–Trinajstić information content (AvgIpc) is 2.55. The summed E-state index contributed by atoms with van der Waals surface area (Å²) in [5.74, 6) is 0.0249. The van der Waals surface area contributed by atoms with Crippen molar-refractivity contribution in [2.75, 3.05) is 11.9 Å². The number of rotatable bonds is 6. The van der Waals surface area contributed by atoms with E-state index in [9.17, 15) is 18.0 Å². The maximum Gasteiger partial charge on any atom is 0.416 e. The highest BCUT2D eigenvalue weighted by Gasteiger charge is 2.29. The largest absolute Gasteiger partial charge is 0.416 e. The lowest BCUT2D eigenvalue weighted by atomic mass is 10.2. The van der Waals surface area contributed by atoms with E-state index in [0.29, 0.717) is 18.1 Å². The first-order chi connectivity index (χ1) is 11.4. The number of halogens is 3. The summed E-state index contributed by atoms with van der Waals surface area (Å²) in [6.07, 6.45) is -2.51. The van der Waals surface area contributed by atoms with Crippen LogP contribution in [0.5, 0.6) is 0 Å². The molecule has 1 amide bonds. The van der Waals surface area contributed by atoms with Gasteiger partial charge < -0.3 is 10.6 Å². The van der Waals surface area contributed by atoms with Crippen LogP contribution >= 0.6 is 0 Å². The Morgan fingerprint density at radius 2 is 1.79 bits per heavy atom. The lowest BCUT2D eigenvalue weighted by Gasteiger charge is -2.09. The van der Waals surface area contributed by atoms with Gasteiger partial charge in [-0.25, -0.2) is 0 Å². The summed E-state index contributed by atoms with van der Waals surface area (Å²) in [7, 11) is 0. The van der Waals surface area contributed by atoms with Crippen molar-refractivity contribution in [3.05, 3.63) is 47.7 Å². The van der Waals surface area contributed by atoms with Gasteiger partial charge in [0.15, 0.2) is 11.5 Å². The van der Waals surface area contributed by atoms with E-state index in [-0.39, 0.29) is 11.6 Å². The molecule has 1 aromatic heterocycles. The predicted octanol–water partition coefficient (Wildman–Crippen LogP) is 3.77. The van der Waals surface area contributed by atoms with E-state index in [1.807, 2.05) is 6.92 Å². The number of amides is 1. The molecule has 0 unspecified atom stereocenters. The summed E-state index contributed by atoms with van der Waals surface area (Å²) in [4.78, 5) is 11.8. The van der Waals surface area contributed by atoms with E-state index >= 15 is 0 Å². The van der Waals surface area contributed by atoms with Crippen LogP contribution in [0.25, 0.3) is 0 Å². The first-order valence-corrected chi connectivity index (χ1v) is 7.46. The van der Waals surface area contributed by atoms with E-state index in [0.717, 1.165) is 25.0 Å². The third-order valence-electron chi connectivity index (χ3n) is 3.20. The molecule has 0 radical (unpaired) electrons. The second-order valence-electron chi connectivity index (χ2n) is 5.11. The Kier molecular flexibility index (Phi) is 5.73. The standard InChI is InChI=1S/C16H17F3N4O/c1-2-3-10-20-15(24)13-8-9-14(23-22-13)21-12-6-4-11(5-7-12)16(17,18)19/h4-9H,2-3,10H2,1H3,(H,20,24)(H,21,23). The molecule has 0 spiro atoms. The highest BCUT2D eigenvalue weighted by molar-refractivity contribution is 5.92. The van der Waals surface area contributed by atoms with E-state index in [1.54, 1.807) is 6.07 Å². The molecule has 1 heterocycles. The first-order valence-electron chi connectivity index (χ1n) is 7.46. The zero-order chi connectivity index (χ0) is 17.6. The second-order valence-corrected chi connectivity index (χ2v) is 5.11. The molecule has 0 aliphatic carbocycles. The molecule has 0 saturated heterocycles. The van der Waals surface area contributed by atoms with Crippen LogP contribution in [0.1, 0.15) is 35.8 Å². The molecule has 24 heavy (non-hydrogen) atoms. The summed E-state index contributed by atoms with van der Waals surface area (Å²) in [5, 5.41) is 13.2. The Morgan fingerprint density at radius 3 is 2.33 bits per heavy atom. The third-order valence-corrected chi connectivity index (χ3v) is 3.20. The fraction of sp³-hybridized carbons (Fsp3) is 0.312. The fourth-order valence-corrected chi connectivity index (χ4v) is 1.88. The normalized spacial score (nSPS) is 11.2. The molecule has 2 N–H and O–H groups in total. The summed E-state index contributed by atoms with van der Waals surface area (Å²) in [6.45, 7) is 2.59. The molecule has 0 fully saturated rings. The Balaban J connectivity index is 1.97. The number of carbonyl (C=O) groups is 1. The predicted molar refractivity (Wildman–Crippen MR) is 84.0 cm³/mol. The molecule has 8 heteroatoms. The van der Waals surface area contributed by atoms with Crippen molar-refractivity contribution in [3.63, 3.8) is 0 Å². The second kappa shape index (κ2) is 7.76. The Labute approximate surface area is 137 Å². The molecule has 2 aromatic rings. The lowest BCUT2D eigenvalue weighted by molar-refractivity contribution is -0.137. The van der Waals surface area contributed by atoms with Crippen LogP contribution in [0.2, 0.25) is 0 Å². The van der Waals surface area contributed by atoms with Crippen molar-refractivity contribution < 1.29 is 18.0 Å². The van der Waals surface area contributed by atoms with Crippen LogP contribution in [-0.2, 0) is 6.18 Å². The molecule has 1 aromatic carbocycles. The van der Waals surface area contributed by atoms with Crippen LogP contribution in [-0.4, -0.2) is 22.6 Å². The van der Waals surface area contributed by atoms with Crippen molar-refractivity contribution in [3.8, 4) is 0 Å². The van der Waals surface area contributed by atoms with Crippen LogP contribution in [0, 0.1) is 0 Å². The molecular formula is C16H17F3N4O. The van der Waals surface area contributed by atoms with Crippen molar-refractivity contribution in [1.82, 2.24) is 15.5 Å². The highest BCUT2D eigenvalue weighted by atomic mass is 19.4. The highest BCUT2D eigenvalue weighted by Crippen LogP contribution is 2.30. The third kappa shape index (κ3) is 4.94. The Bertz CT molecular complexity index is 669. The van der Waals surface area contributed by atoms with Gasteiger partial charge in [0.05, 0.1) is 5.56 Å². The number of nitrogens with zero attached hydrogens (tertiary/aromatic N) is 2. The molecule has 128 valence electrons. The molecule has 0 atom stereocenters. The monoisotopic (exact) mass is 338 g/mol. The van der Waals surface area contributed by atoms with Gasteiger partial charge in [-0.05, 0) is 42.8 Å². The van der Waals surface area contributed by atoms with Gasteiger partial charge in [0.2, 0.25) is 0 Å². The SMILES string of the molecule is CCCCNC(=O)c1ccc(Nc2ccc(C(F)(F)F)cc2)nn1. The van der Waals surface area contributed by atoms with E-state index < -0.39 is 11.7 Å². The molecule has 5 nitrogen and oxygen atoms in total. The summed E-state index contributed by atoms with van der Waals surface area (Å²) in [5.41, 5.74) is -0.0975. The molecule has 0 aliphatic heterocycles.